The molecule has 1 aliphatic rings. The molecule has 1 rings (SSSR count). The molecule has 0 aliphatic heterocycles. The largest absolute Gasteiger partial charge is 0.481 e. The van der Waals surface area contributed by atoms with Crippen LogP contribution in [0.15, 0.2) is 12.2 Å². The molecule has 3 nitrogen and oxygen atoms in total. The molecule has 0 fully saturated rings. The van der Waals surface area contributed by atoms with Gasteiger partial charge in [-0.25, -0.2) is 0 Å². The molecule has 1 aliphatic carbocycles. The molecule has 0 aromatic carbocycles. The van der Waals surface area contributed by atoms with Gasteiger partial charge in [-0.1, -0.05) is 12.2 Å². The van der Waals surface area contributed by atoms with E-state index in [4.69, 9.17) is 5.11 Å². The summed E-state index contributed by atoms with van der Waals surface area (Å²) >= 11 is 0. The summed E-state index contributed by atoms with van der Waals surface area (Å²) in [4.78, 5) is 10.9. The van der Waals surface area contributed by atoms with Crippen molar-refractivity contribution >= 4 is 5.97 Å². The molecule has 13 heavy (non-hydrogen) atoms. The van der Waals surface area contributed by atoms with Gasteiger partial charge < -0.3 is 10.2 Å². The van der Waals surface area contributed by atoms with E-state index in [1.807, 2.05) is 0 Å². The van der Waals surface area contributed by atoms with Gasteiger partial charge in [-0.2, -0.15) is 0 Å². The molecule has 0 saturated carbocycles. The van der Waals surface area contributed by atoms with Gasteiger partial charge in [0.1, 0.15) is 0 Å². The van der Waals surface area contributed by atoms with Crippen molar-refractivity contribution in [3.05, 3.63) is 12.2 Å². The lowest BCUT2D eigenvalue weighted by molar-refractivity contribution is -0.148. The monoisotopic (exact) mass is 184 g/mol. The Hall–Kier alpha value is -0.830. The molecule has 0 spiro atoms. The number of carboxylic acid groups (broad SMARTS) is 1. The highest BCUT2D eigenvalue weighted by Crippen LogP contribution is 2.31. The highest BCUT2D eigenvalue weighted by atomic mass is 16.4. The van der Waals surface area contributed by atoms with Gasteiger partial charge in [0.15, 0.2) is 0 Å². The summed E-state index contributed by atoms with van der Waals surface area (Å²) in [6.07, 6.45) is 5.67. The normalized spacial score (nSPS) is 37.5. The fraction of sp³-hybridized carbons (Fsp3) is 0.700. The van der Waals surface area contributed by atoms with Gasteiger partial charge in [0, 0.05) is 0 Å². The number of rotatable bonds is 1. The zero-order chi connectivity index (χ0) is 9.90. The van der Waals surface area contributed by atoms with Crippen LogP contribution in [-0.4, -0.2) is 22.3 Å². The molecule has 0 radical (unpaired) electrons. The van der Waals surface area contributed by atoms with Crippen LogP contribution in [-0.2, 0) is 4.79 Å². The predicted molar refractivity (Wildman–Crippen MR) is 49.4 cm³/mol. The van der Waals surface area contributed by atoms with Gasteiger partial charge in [0.05, 0.1) is 11.5 Å². The Bertz CT molecular complexity index is 222. The van der Waals surface area contributed by atoms with E-state index in [9.17, 15) is 9.90 Å². The van der Waals surface area contributed by atoms with Gasteiger partial charge in [0.25, 0.3) is 0 Å². The van der Waals surface area contributed by atoms with E-state index in [0.29, 0.717) is 19.3 Å². The van der Waals surface area contributed by atoms with Gasteiger partial charge in [-0.05, 0) is 32.6 Å². The van der Waals surface area contributed by atoms with E-state index in [-0.39, 0.29) is 0 Å². The van der Waals surface area contributed by atoms with E-state index in [0.717, 1.165) is 6.42 Å². The number of allylic oxidation sites excluding steroid dienone is 1. The smallest absolute Gasteiger partial charge is 0.309 e. The van der Waals surface area contributed by atoms with Crippen molar-refractivity contribution in [3.8, 4) is 0 Å². The first-order valence-electron chi connectivity index (χ1n) is 4.63. The van der Waals surface area contributed by atoms with Gasteiger partial charge >= 0.3 is 5.97 Å². The number of hydrogen-bond donors (Lipinski definition) is 2. The highest BCUT2D eigenvalue weighted by molar-refractivity contribution is 5.74. The highest BCUT2D eigenvalue weighted by Gasteiger charge is 2.32. The van der Waals surface area contributed by atoms with Crippen molar-refractivity contribution in [2.45, 2.75) is 38.7 Å². The van der Waals surface area contributed by atoms with E-state index >= 15 is 0 Å². The third kappa shape index (κ3) is 2.56. The van der Waals surface area contributed by atoms with Crippen molar-refractivity contribution in [2.24, 2.45) is 5.41 Å². The Morgan fingerprint density at radius 1 is 1.62 bits per heavy atom. The van der Waals surface area contributed by atoms with Crippen molar-refractivity contribution in [3.63, 3.8) is 0 Å². The van der Waals surface area contributed by atoms with E-state index in [1.165, 1.54) is 0 Å². The Kier molecular flexibility index (Phi) is 3.09. The van der Waals surface area contributed by atoms with Crippen molar-refractivity contribution in [2.75, 3.05) is 0 Å². The second-order valence-electron chi connectivity index (χ2n) is 3.96. The van der Waals surface area contributed by atoms with Crippen LogP contribution in [0.3, 0.4) is 0 Å². The molecule has 0 aromatic rings. The van der Waals surface area contributed by atoms with Crippen molar-refractivity contribution < 1.29 is 15.0 Å². The molecule has 2 atom stereocenters. The Morgan fingerprint density at radius 3 is 2.92 bits per heavy atom. The number of carbonyl (C=O) groups is 1. The van der Waals surface area contributed by atoms with Crippen LogP contribution in [0.4, 0.5) is 0 Å². The van der Waals surface area contributed by atoms with Crippen molar-refractivity contribution in [1.29, 1.82) is 0 Å². The molecule has 2 unspecified atom stereocenters. The average Bonchev–Trinajstić information content (AvgIpc) is 2.01. The molecule has 0 saturated heterocycles. The Labute approximate surface area is 78.1 Å². The second kappa shape index (κ2) is 3.92. The summed E-state index contributed by atoms with van der Waals surface area (Å²) in [6.45, 7) is 1.76. The molecule has 0 bridgehead atoms. The van der Waals surface area contributed by atoms with Crippen LogP contribution in [0.25, 0.3) is 0 Å². The number of hydrogen-bond acceptors (Lipinski definition) is 2. The SMILES string of the molecule is CC1(C(=O)O)C/C=C/C(O)CCC1. The predicted octanol–water partition coefficient (Wildman–Crippen LogP) is 1.57. The fourth-order valence-corrected chi connectivity index (χ4v) is 1.58. The summed E-state index contributed by atoms with van der Waals surface area (Å²) in [5, 5.41) is 18.3. The minimum absolute atomic E-state index is 0.390. The Morgan fingerprint density at radius 2 is 2.31 bits per heavy atom. The average molecular weight is 184 g/mol. The molecule has 74 valence electrons. The number of carboxylic acids is 1. The standard InChI is InChI=1S/C10H16O3/c1-10(9(12)13)6-2-4-8(11)5-3-7-10/h2,4,8,11H,3,5-7H2,1H3,(H,12,13)/b4-2+. The van der Waals surface area contributed by atoms with E-state index in [2.05, 4.69) is 0 Å². The van der Waals surface area contributed by atoms with Crippen LogP contribution in [0.1, 0.15) is 32.6 Å². The topological polar surface area (TPSA) is 57.5 Å². The lowest BCUT2D eigenvalue weighted by Gasteiger charge is -2.25. The molecule has 2 N–H and O–H groups in total. The van der Waals surface area contributed by atoms with Gasteiger partial charge in [0.2, 0.25) is 0 Å². The Balaban J connectivity index is 2.69. The molecular formula is C10H16O3. The molecule has 0 heterocycles. The first-order chi connectivity index (χ1) is 6.04. The molecular weight excluding hydrogens is 168 g/mol. The molecule has 0 aromatic heterocycles. The van der Waals surface area contributed by atoms with Crippen LogP contribution < -0.4 is 0 Å². The fourth-order valence-electron chi connectivity index (χ4n) is 1.58. The molecule has 3 heteroatoms. The quantitative estimate of drug-likeness (QED) is 0.608. The van der Waals surface area contributed by atoms with Gasteiger partial charge in [-0.3, -0.25) is 4.79 Å². The lowest BCUT2D eigenvalue weighted by Crippen LogP contribution is -2.28. The summed E-state index contributed by atoms with van der Waals surface area (Å²) < 4.78 is 0. The second-order valence-corrected chi connectivity index (χ2v) is 3.96. The maximum Gasteiger partial charge on any atom is 0.309 e. The minimum atomic E-state index is -0.742. The first kappa shape index (κ1) is 10.3. The number of aliphatic carboxylic acids is 1. The first-order valence-corrected chi connectivity index (χ1v) is 4.63. The lowest BCUT2D eigenvalue weighted by atomic mass is 9.80. The van der Waals surface area contributed by atoms with Crippen LogP contribution in [0.2, 0.25) is 0 Å². The van der Waals surface area contributed by atoms with Crippen molar-refractivity contribution in [1.82, 2.24) is 0 Å². The zero-order valence-electron chi connectivity index (χ0n) is 7.86. The summed E-state index contributed by atoms with van der Waals surface area (Å²) in [5.74, 6) is -0.742. The van der Waals surface area contributed by atoms with E-state index < -0.39 is 17.5 Å². The van der Waals surface area contributed by atoms with Crippen LogP contribution >= 0.6 is 0 Å². The third-order valence-electron chi connectivity index (χ3n) is 2.67. The number of aliphatic hydroxyl groups excluding tert-OH is 1. The maximum atomic E-state index is 10.9. The third-order valence-corrected chi connectivity index (χ3v) is 2.67. The van der Waals surface area contributed by atoms with Gasteiger partial charge in [-0.15, -0.1) is 0 Å². The maximum absolute atomic E-state index is 10.9. The minimum Gasteiger partial charge on any atom is -0.481 e. The summed E-state index contributed by atoms with van der Waals surface area (Å²) in [7, 11) is 0. The zero-order valence-corrected chi connectivity index (χ0v) is 7.86. The molecule has 0 amide bonds. The van der Waals surface area contributed by atoms with E-state index in [1.54, 1.807) is 19.1 Å². The summed E-state index contributed by atoms with van der Waals surface area (Å²) in [6, 6.07) is 0. The van der Waals surface area contributed by atoms with Crippen LogP contribution in [0, 0.1) is 5.41 Å². The number of aliphatic hydroxyl groups is 1. The summed E-state index contributed by atoms with van der Waals surface area (Å²) in [5.41, 5.74) is -0.642. The van der Waals surface area contributed by atoms with Crippen LogP contribution in [0.5, 0.6) is 0 Å².